The molecule has 1 N–H and O–H groups in total. The Bertz CT molecular complexity index is 421. The Balaban J connectivity index is 2.64. The van der Waals surface area contributed by atoms with Gasteiger partial charge in [-0.1, -0.05) is 0 Å². The van der Waals surface area contributed by atoms with Crippen LogP contribution in [-0.2, 0) is 9.53 Å². The Kier molecular flexibility index (Phi) is 4.57. The molecule has 0 amide bonds. The van der Waals surface area contributed by atoms with Gasteiger partial charge in [-0.25, -0.2) is 0 Å². The lowest BCUT2D eigenvalue weighted by Gasteiger charge is -2.24. The van der Waals surface area contributed by atoms with Crippen LogP contribution in [0.15, 0.2) is 10.5 Å². The molecule has 0 saturated heterocycles. The maximum atomic E-state index is 11.6. The van der Waals surface area contributed by atoms with Crippen molar-refractivity contribution < 1.29 is 13.9 Å². The minimum absolute atomic E-state index is 0.145. The van der Waals surface area contributed by atoms with Crippen molar-refractivity contribution in [3.8, 4) is 0 Å². The molecule has 0 aliphatic heterocycles. The molecular weight excluding hydrogens is 230 g/mol. The molecule has 0 radical (unpaired) electrons. The van der Waals surface area contributed by atoms with Gasteiger partial charge in [0.2, 0.25) is 0 Å². The van der Waals surface area contributed by atoms with E-state index in [0.717, 1.165) is 17.1 Å². The van der Waals surface area contributed by atoms with Crippen LogP contribution in [0.2, 0.25) is 0 Å². The van der Waals surface area contributed by atoms with Gasteiger partial charge in [-0.05, 0) is 40.7 Å². The second-order valence-electron chi connectivity index (χ2n) is 5.35. The third-order valence-corrected chi connectivity index (χ3v) is 3.13. The van der Waals surface area contributed by atoms with Crippen LogP contribution in [0.5, 0.6) is 0 Å². The van der Waals surface area contributed by atoms with Crippen LogP contribution in [0, 0.1) is 19.3 Å². The van der Waals surface area contributed by atoms with E-state index >= 15 is 0 Å². The van der Waals surface area contributed by atoms with Gasteiger partial charge in [0.25, 0.3) is 0 Å². The van der Waals surface area contributed by atoms with E-state index in [9.17, 15) is 4.79 Å². The fourth-order valence-electron chi connectivity index (χ4n) is 1.95. The number of nitrogens with one attached hydrogen (secondary N) is 1. The minimum atomic E-state index is -0.532. The number of rotatable bonds is 5. The molecule has 18 heavy (non-hydrogen) atoms. The van der Waals surface area contributed by atoms with Crippen molar-refractivity contribution >= 4 is 5.97 Å². The van der Waals surface area contributed by atoms with Gasteiger partial charge < -0.3 is 14.5 Å². The van der Waals surface area contributed by atoms with E-state index in [-0.39, 0.29) is 12.0 Å². The highest BCUT2D eigenvalue weighted by atomic mass is 16.5. The van der Waals surface area contributed by atoms with Crippen LogP contribution in [0.25, 0.3) is 0 Å². The molecule has 0 bridgehead atoms. The van der Waals surface area contributed by atoms with E-state index in [0.29, 0.717) is 6.54 Å². The number of carbonyl (C=O) groups excluding carboxylic acids is 1. The average Bonchev–Trinajstić information content (AvgIpc) is 2.64. The molecule has 1 atom stereocenters. The normalized spacial score (nSPS) is 13.4. The van der Waals surface area contributed by atoms with E-state index < -0.39 is 5.41 Å². The number of hydrogen-bond acceptors (Lipinski definition) is 4. The topological polar surface area (TPSA) is 51.5 Å². The Hall–Kier alpha value is -1.29. The van der Waals surface area contributed by atoms with Crippen molar-refractivity contribution in [2.75, 3.05) is 13.7 Å². The first kappa shape index (κ1) is 14.8. The first-order valence-electron chi connectivity index (χ1n) is 6.16. The van der Waals surface area contributed by atoms with Crippen molar-refractivity contribution in [1.82, 2.24) is 5.32 Å². The number of esters is 1. The average molecular weight is 253 g/mol. The summed E-state index contributed by atoms with van der Waals surface area (Å²) in [6.45, 7) is 10.2. The monoisotopic (exact) mass is 253 g/mol. The van der Waals surface area contributed by atoms with Gasteiger partial charge in [-0.3, -0.25) is 4.79 Å². The van der Waals surface area contributed by atoms with Crippen molar-refractivity contribution in [3.05, 3.63) is 23.2 Å². The number of methoxy groups -OCH3 is 1. The molecule has 1 aromatic heterocycles. The summed E-state index contributed by atoms with van der Waals surface area (Å²) in [5.41, 5.74) is 0.601. The van der Waals surface area contributed by atoms with Gasteiger partial charge in [0.1, 0.15) is 11.5 Å². The summed E-state index contributed by atoms with van der Waals surface area (Å²) in [4.78, 5) is 11.6. The van der Waals surface area contributed by atoms with Crippen LogP contribution >= 0.6 is 0 Å². The van der Waals surface area contributed by atoms with Gasteiger partial charge in [-0.15, -0.1) is 0 Å². The Morgan fingerprint density at radius 2 is 2.11 bits per heavy atom. The summed E-state index contributed by atoms with van der Waals surface area (Å²) in [5.74, 6) is 1.62. The summed E-state index contributed by atoms with van der Waals surface area (Å²) in [5, 5.41) is 3.35. The fraction of sp³-hybridized carbons (Fsp3) is 0.643. The molecule has 0 aromatic carbocycles. The van der Waals surface area contributed by atoms with Crippen LogP contribution in [0.3, 0.4) is 0 Å². The largest absolute Gasteiger partial charge is 0.469 e. The SMILES string of the molecule is COC(=O)C(C)(C)CNC(C)c1cc(C)oc1C. The molecule has 1 aromatic rings. The Morgan fingerprint density at radius 1 is 1.50 bits per heavy atom. The summed E-state index contributed by atoms with van der Waals surface area (Å²) in [7, 11) is 1.41. The van der Waals surface area contributed by atoms with E-state index in [1.807, 2.05) is 33.8 Å². The van der Waals surface area contributed by atoms with E-state index in [2.05, 4.69) is 12.2 Å². The number of hydrogen-bond donors (Lipinski definition) is 1. The van der Waals surface area contributed by atoms with Crippen molar-refractivity contribution in [1.29, 1.82) is 0 Å². The molecule has 1 heterocycles. The predicted molar refractivity (Wildman–Crippen MR) is 70.4 cm³/mol. The van der Waals surface area contributed by atoms with Gasteiger partial charge in [0.05, 0.1) is 12.5 Å². The lowest BCUT2D eigenvalue weighted by Crippen LogP contribution is -2.38. The molecule has 0 fully saturated rings. The lowest BCUT2D eigenvalue weighted by molar-refractivity contribution is -0.150. The summed E-state index contributed by atoms with van der Waals surface area (Å²) >= 11 is 0. The molecule has 102 valence electrons. The number of ether oxygens (including phenoxy) is 1. The van der Waals surface area contributed by atoms with Crippen LogP contribution in [0.1, 0.15) is 43.9 Å². The van der Waals surface area contributed by atoms with Crippen molar-refractivity contribution in [2.45, 2.75) is 40.7 Å². The fourth-order valence-corrected chi connectivity index (χ4v) is 1.95. The zero-order chi connectivity index (χ0) is 13.9. The number of furan rings is 1. The maximum Gasteiger partial charge on any atom is 0.312 e. The molecule has 0 aliphatic rings. The first-order valence-corrected chi connectivity index (χ1v) is 6.16. The van der Waals surface area contributed by atoms with E-state index in [1.54, 1.807) is 0 Å². The molecule has 0 spiro atoms. The molecule has 0 aliphatic carbocycles. The second-order valence-corrected chi connectivity index (χ2v) is 5.35. The quantitative estimate of drug-likeness (QED) is 0.820. The van der Waals surface area contributed by atoms with Crippen LogP contribution in [0.4, 0.5) is 0 Å². The summed E-state index contributed by atoms with van der Waals surface area (Å²) in [6, 6.07) is 2.17. The maximum absolute atomic E-state index is 11.6. The Labute approximate surface area is 109 Å². The highest BCUT2D eigenvalue weighted by Gasteiger charge is 2.29. The van der Waals surface area contributed by atoms with Gasteiger partial charge in [0, 0.05) is 18.2 Å². The zero-order valence-corrected chi connectivity index (χ0v) is 12.1. The molecule has 1 unspecified atom stereocenters. The molecular formula is C14H23NO3. The summed E-state index contributed by atoms with van der Waals surface area (Å²) in [6.07, 6.45) is 0. The highest BCUT2D eigenvalue weighted by Crippen LogP contribution is 2.23. The first-order chi connectivity index (χ1) is 8.27. The van der Waals surface area contributed by atoms with E-state index in [4.69, 9.17) is 9.15 Å². The standard InChI is InChI=1S/C14H23NO3/c1-9-7-12(11(3)18-9)10(2)15-8-14(4,5)13(16)17-6/h7,10,15H,8H2,1-6H3. The third kappa shape index (κ3) is 3.35. The molecule has 1 rings (SSSR count). The highest BCUT2D eigenvalue weighted by molar-refractivity contribution is 5.76. The third-order valence-electron chi connectivity index (χ3n) is 3.13. The van der Waals surface area contributed by atoms with E-state index in [1.165, 1.54) is 7.11 Å². The molecule has 4 heteroatoms. The van der Waals surface area contributed by atoms with Crippen molar-refractivity contribution in [3.63, 3.8) is 0 Å². The molecule has 0 saturated carbocycles. The number of aryl methyl sites for hydroxylation is 2. The lowest BCUT2D eigenvalue weighted by atomic mass is 9.93. The zero-order valence-electron chi connectivity index (χ0n) is 12.1. The van der Waals surface area contributed by atoms with Gasteiger partial charge in [0.15, 0.2) is 0 Å². The summed E-state index contributed by atoms with van der Waals surface area (Å²) < 4.78 is 10.3. The van der Waals surface area contributed by atoms with Crippen molar-refractivity contribution in [2.24, 2.45) is 5.41 Å². The number of carbonyl (C=O) groups is 1. The molecule has 4 nitrogen and oxygen atoms in total. The van der Waals surface area contributed by atoms with Gasteiger partial charge >= 0.3 is 5.97 Å². The van der Waals surface area contributed by atoms with Crippen LogP contribution in [-0.4, -0.2) is 19.6 Å². The smallest absolute Gasteiger partial charge is 0.312 e. The minimum Gasteiger partial charge on any atom is -0.469 e. The Morgan fingerprint density at radius 3 is 2.56 bits per heavy atom. The van der Waals surface area contributed by atoms with Crippen LogP contribution < -0.4 is 5.32 Å². The second kappa shape index (κ2) is 5.57. The van der Waals surface area contributed by atoms with Gasteiger partial charge in [-0.2, -0.15) is 0 Å². The predicted octanol–water partition coefficient (Wildman–Crippen LogP) is 2.75.